The van der Waals surface area contributed by atoms with Gasteiger partial charge in [0.05, 0.1) is 25.2 Å². The molecule has 0 N–H and O–H groups in total. The van der Waals surface area contributed by atoms with Crippen LogP contribution in [0.25, 0.3) is 16.9 Å². The van der Waals surface area contributed by atoms with E-state index in [4.69, 9.17) is 14.2 Å². The van der Waals surface area contributed by atoms with Crippen LogP contribution in [-0.4, -0.2) is 55.8 Å². The molecule has 4 aromatic rings. The Bertz CT molecular complexity index is 1440. The molecule has 0 amide bonds. The fourth-order valence-corrected chi connectivity index (χ4v) is 3.93. The van der Waals surface area contributed by atoms with Crippen molar-refractivity contribution in [1.29, 1.82) is 0 Å². The van der Waals surface area contributed by atoms with E-state index in [0.717, 1.165) is 17.8 Å². The molecular formula is C25H22F2N6O4. The summed E-state index contributed by atoms with van der Waals surface area (Å²) in [5.74, 6) is -1.15. The molecule has 1 aliphatic heterocycles. The average Bonchev–Trinajstić information content (AvgIpc) is 3.58. The maximum atomic E-state index is 14.3. The highest BCUT2D eigenvalue weighted by Crippen LogP contribution is 2.36. The van der Waals surface area contributed by atoms with E-state index in [1.54, 1.807) is 42.4 Å². The second kappa shape index (κ2) is 10.3. The Balaban J connectivity index is 1.46. The lowest BCUT2D eigenvalue weighted by atomic mass is 10.0. The van der Waals surface area contributed by atoms with Gasteiger partial charge in [-0.2, -0.15) is 0 Å². The molecule has 1 aliphatic rings. The van der Waals surface area contributed by atoms with Gasteiger partial charge in [0.1, 0.15) is 53.6 Å². The molecule has 0 spiro atoms. The summed E-state index contributed by atoms with van der Waals surface area (Å²) in [6, 6.07) is 10.00. The van der Waals surface area contributed by atoms with Crippen molar-refractivity contribution in [1.82, 2.24) is 30.0 Å². The van der Waals surface area contributed by atoms with Crippen LogP contribution in [0.2, 0.25) is 0 Å². The van der Waals surface area contributed by atoms with Gasteiger partial charge in [0, 0.05) is 18.6 Å². The molecule has 0 saturated heterocycles. The number of aromatic nitrogens is 6. The number of halogens is 2. The maximum absolute atomic E-state index is 14.3. The van der Waals surface area contributed by atoms with E-state index >= 15 is 0 Å². The van der Waals surface area contributed by atoms with Crippen LogP contribution < -0.4 is 4.74 Å². The largest absolute Gasteiger partial charge is 0.497 e. The van der Waals surface area contributed by atoms with Crippen LogP contribution >= 0.6 is 0 Å². The number of carbonyl (C=O) groups excluding carboxylic acids is 1. The van der Waals surface area contributed by atoms with E-state index in [9.17, 15) is 13.6 Å². The molecule has 37 heavy (non-hydrogen) atoms. The second-order valence-electron chi connectivity index (χ2n) is 8.27. The number of rotatable bonds is 7. The van der Waals surface area contributed by atoms with Crippen LogP contribution in [0.1, 0.15) is 24.8 Å². The topological polar surface area (TPSA) is 106 Å². The third-order valence-electron chi connectivity index (χ3n) is 5.77. The Morgan fingerprint density at radius 1 is 1.05 bits per heavy atom. The summed E-state index contributed by atoms with van der Waals surface area (Å²) in [5, 5.41) is 16.8. The van der Waals surface area contributed by atoms with Crippen LogP contribution in [0, 0.1) is 11.6 Å². The number of hydrogen-bond donors (Lipinski definition) is 0. The normalized spacial score (nSPS) is 19.1. The Morgan fingerprint density at radius 3 is 2.59 bits per heavy atom. The molecular weight excluding hydrogens is 486 g/mol. The summed E-state index contributed by atoms with van der Waals surface area (Å²) in [6.07, 6.45) is 5.62. The van der Waals surface area contributed by atoms with E-state index in [1.165, 1.54) is 17.7 Å². The summed E-state index contributed by atoms with van der Waals surface area (Å²) in [4.78, 5) is 11.3. The number of carbonyl (C=O) groups is 1. The van der Waals surface area contributed by atoms with Crippen LogP contribution in [-0.2, 0) is 14.3 Å². The van der Waals surface area contributed by atoms with Crippen LogP contribution in [0.3, 0.4) is 0 Å². The van der Waals surface area contributed by atoms with E-state index in [0.29, 0.717) is 11.4 Å². The minimum atomic E-state index is -0.747. The Kier molecular flexibility index (Phi) is 6.73. The van der Waals surface area contributed by atoms with Gasteiger partial charge in [-0.25, -0.2) is 18.1 Å². The molecule has 0 unspecified atom stereocenters. The summed E-state index contributed by atoms with van der Waals surface area (Å²) < 4.78 is 47.3. The predicted octanol–water partition coefficient (Wildman–Crippen LogP) is 3.61. The quantitative estimate of drug-likeness (QED) is 0.275. The van der Waals surface area contributed by atoms with E-state index in [2.05, 4.69) is 20.6 Å². The molecule has 2 aromatic heterocycles. The van der Waals surface area contributed by atoms with Gasteiger partial charge in [-0.3, -0.25) is 4.79 Å². The van der Waals surface area contributed by atoms with Gasteiger partial charge in [0.25, 0.3) is 0 Å². The Hall–Kier alpha value is -4.45. The van der Waals surface area contributed by atoms with Gasteiger partial charge >= 0.3 is 5.97 Å². The highest BCUT2D eigenvalue weighted by atomic mass is 19.1. The van der Waals surface area contributed by atoms with Crippen molar-refractivity contribution < 1.29 is 27.8 Å². The minimum absolute atomic E-state index is 0.0189. The molecule has 2 aromatic carbocycles. The maximum Gasteiger partial charge on any atom is 0.302 e. The van der Waals surface area contributed by atoms with E-state index in [1.807, 2.05) is 18.2 Å². The Labute approximate surface area is 210 Å². The first-order valence-electron chi connectivity index (χ1n) is 11.3. The molecule has 190 valence electrons. The SMILES string of the molecule is COc1ccc(-n2cc([C@H]3O[C@H](COC(C)=O)C=C[C@H]3n3cc(-c4ccc(F)cc4F)nn3)nn2)cc1. The number of esters is 1. The van der Waals surface area contributed by atoms with Crippen molar-refractivity contribution in [2.24, 2.45) is 0 Å². The van der Waals surface area contributed by atoms with Gasteiger partial charge < -0.3 is 14.2 Å². The number of ether oxygens (including phenoxy) is 3. The standard InChI is InChI=1S/C25H22F2N6O4/c1-15(34)36-14-19-8-10-24(33-12-22(28-31-33)20-9-3-16(26)11-21(20)27)25(37-19)23-13-32(30-29-23)17-4-6-18(35-2)7-5-17/h3-13,19,24-25H,14H2,1-2H3/t19-,24+,25+/m0/s1. The highest BCUT2D eigenvalue weighted by Gasteiger charge is 2.34. The zero-order valence-electron chi connectivity index (χ0n) is 19.9. The third-order valence-corrected chi connectivity index (χ3v) is 5.77. The van der Waals surface area contributed by atoms with Crippen molar-refractivity contribution in [3.8, 4) is 22.7 Å². The molecule has 10 nitrogen and oxygen atoms in total. The third kappa shape index (κ3) is 5.23. The fourth-order valence-electron chi connectivity index (χ4n) is 3.93. The molecule has 0 fully saturated rings. The lowest BCUT2D eigenvalue weighted by Gasteiger charge is -2.30. The van der Waals surface area contributed by atoms with Gasteiger partial charge in [0.15, 0.2) is 0 Å². The summed E-state index contributed by atoms with van der Waals surface area (Å²) in [7, 11) is 1.59. The van der Waals surface area contributed by atoms with Gasteiger partial charge in [0.2, 0.25) is 0 Å². The van der Waals surface area contributed by atoms with Crippen LogP contribution in [0.4, 0.5) is 8.78 Å². The minimum Gasteiger partial charge on any atom is -0.497 e. The van der Waals surface area contributed by atoms with Crippen molar-refractivity contribution in [3.63, 3.8) is 0 Å². The second-order valence-corrected chi connectivity index (χ2v) is 8.27. The van der Waals surface area contributed by atoms with Crippen LogP contribution in [0.5, 0.6) is 5.75 Å². The first kappa shape index (κ1) is 24.3. The molecule has 12 heteroatoms. The average molecular weight is 508 g/mol. The number of benzene rings is 2. The van der Waals surface area contributed by atoms with Crippen LogP contribution in [0.15, 0.2) is 67.0 Å². The summed E-state index contributed by atoms with van der Waals surface area (Å²) in [5.41, 5.74) is 1.59. The van der Waals surface area contributed by atoms with Crippen molar-refractivity contribution in [2.75, 3.05) is 13.7 Å². The fraction of sp³-hybridized carbons (Fsp3) is 0.240. The zero-order chi connectivity index (χ0) is 25.9. The number of hydrogen-bond acceptors (Lipinski definition) is 8. The van der Waals surface area contributed by atoms with E-state index < -0.39 is 35.9 Å². The van der Waals surface area contributed by atoms with Gasteiger partial charge in [-0.1, -0.05) is 22.6 Å². The molecule has 0 radical (unpaired) electrons. The molecule has 0 bridgehead atoms. The number of methoxy groups -OCH3 is 1. The van der Waals surface area contributed by atoms with Gasteiger partial charge in [-0.15, -0.1) is 10.2 Å². The predicted molar refractivity (Wildman–Crippen MR) is 126 cm³/mol. The smallest absolute Gasteiger partial charge is 0.302 e. The molecule has 5 rings (SSSR count). The Morgan fingerprint density at radius 2 is 1.86 bits per heavy atom. The molecule has 3 atom stereocenters. The molecule has 0 aliphatic carbocycles. The zero-order valence-corrected chi connectivity index (χ0v) is 19.9. The van der Waals surface area contributed by atoms with Crippen molar-refractivity contribution in [3.05, 3.63) is 84.3 Å². The lowest BCUT2D eigenvalue weighted by molar-refractivity contribution is -0.146. The van der Waals surface area contributed by atoms with Crippen molar-refractivity contribution >= 4 is 5.97 Å². The number of nitrogens with zero attached hydrogens (tertiary/aromatic N) is 6. The molecule has 0 saturated carbocycles. The summed E-state index contributed by atoms with van der Waals surface area (Å²) >= 11 is 0. The lowest BCUT2D eigenvalue weighted by Crippen LogP contribution is -2.31. The highest BCUT2D eigenvalue weighted by molar-refractivity contribution is 5.65. The molecule has 3 heterocycles. The van der Waals surface area contributed by atoms with Gasteiger partial charge in [-0.05, 0) is 36.4 Å². The van der Waals surface area contributed by atoms with Crippen molar-refractivity contribution in [2.45, 2.75) is 25.2 Å². The monoisotopic (exact) mass is 508 g/mol. The first-order chi connectivity index (χ1) is 17.9. The summed E-state index contributed by atoms with van der Waals surface area (Å²) in [6.45, 7) is 1.34. The van der Waals surface area contributed by atoms with E-state index in [-0.39, 0.29) is 17.9 Å². The first-order valence-corrected chi connectivity index (χ1v) is 11.3.